The SMILES string of the molecule is c1ccc(-c2nc(-c3cccc(-c4cc5c6ccccc6oc5c5ccccc45)c3)nc(-c3cccc(-c4ccc5ccc6cccc7ccc4c5c67)c3)n2)cc1. The molecule has 0 atom stereocenters. The summed E-state index contributed by atoms with van der Waals surface area (Å²) in [7, 11) is 0. The van der Waals surface area contributed by atoms with Gasteiger partial charge in [-0.2, -0.15) is 0 Å². The molecule has 2 aromatic heterocycles. The number of hydrogen-bond acceptors (Lipinski definition) is 4. The smallest absolute Gasteiger partial charge is 0.164 e. The summed E-state index contributed by atoms with van der Waals surface area (Å²) in [5, 5.41) is 12.0. The highest BCUT2D eigenvalue weighted by molar-refractivity contribution is 6.25. The number of fused-ring (bicyclic) bond motifs is 5. The lowest BCUT2D eigenvalue weighted by molar-refractivity contribution is 0.672. The van der Waals surface area contributed by atoms with Gasteiger partial charge in [-0.15, -0.1) is 0 Å². The van der Waals surface area contributed by atoms with E-state index >= 15 is 0 Å². The second kappa shape index (κ2) is 12.4. The zero-order valence-corrected chi connectivity index (χ0v) is 30.6. The van der Waals surface area contributed by atoms with E-state index in [2.05, 4.69) is 158 Å². The van der Waals surface area contributed by atoms with E-state index in [0.717, 1.165) is 66.1 Å². The predicted octanol–water partition coefficient (Wildman–Crippen LogP) is 14.2. The highest BCUT2D eigenvalue weighted by Crippen LogP contribution is 2.42. The first-order valence-electron chi connectivity index (χ1n) is 19.3. The topological polar surface area (TPSA) is 51.8 Å². The van der Waals surface area contributed by atoms with Gasteiger partial charge in [-0.3, -0.25) is 0 Å². The largest absolute Gasteiger partial charge is 0.455 e. The molecule has 0 saturated carbocycles. The van der Waals surface area contributed by atoms with E-state index in [0.29, 0.717) is 17.5 Å². The molecule has 0 aliphatic heterocycles. The molecule has 0 saturated heterocycles. The lowest BCUT2D eigenvalue weighted by atomic mass is 9.89. The number of para-hydroxylation sites is 1. The van der Waals surface area contributed by atoms with E-state index in [1.165, 1.54) is 37.9 Å². The van der Waals surface area contributed by atoms with Crippen LogP contribution in [-0.4, -0.2) is 15.0 Å². The van der Waals surface area contributed by atoms with Crippen LogP contribution in [0.5, 0.6) is 0 Å². The van der Waals surface area contributed by atoms with Crippen LogP contribution in [0, 0.1) is 0 Å². The highest BCUT2D eigenvalue weighted by atomic mass is 16.3. The van der Waals surface area contributed by atoms with Crippen molar-refractivity contribution in [1.29, 1.82) is 0 Å². The maximum atomic E-state index is 6.42. The summed E-state index contributed by atoms with van der Waals surface area (Å²) in [5.41, 5.74) is 9.08. The highest BCUT2D eigenvalue weighted by Gasteiger charge is 2.18. The fourth-order valence-electron chi connectivity index (χ4n) is 8.77. The van der Waals surface area contributed by atoms with Crippen LogP contribution >= 0.6 is 0 Å². The Morgan fingerprint density at radius 1 is 0.298 bits per heavy atom. The van der Waals surface area contributed by atoms with Crippen LogP contribution in [0.1, 0.15) is 0 Å². The predicted molar refractivity (Wildman–Crippen MR) is 235 cm³/mol. The fourth-order valence-corrected chi connectivity index (χ4v) is 8.77. The Morgan fingerprint density at radius 2 is 0.825 bits per heavy atom. The second-order valence-corrected chi connectivity index (χ2v) is 14.7. The molecular formula is C53H31N3O. The molecule has 0 N–H and O–H groups in total. The maximum absolute atomic E-state index is 6.42. The Morgan fingerprint density at radius 3 is 1.56 bits per heavy atom. The monoisotopic (exact) mass is 725 g/mol. The summed E-state index contributed by atoms with van der Waals surface area (Å²) >= 11 is 0. The Kier molecular flexibility index (Phi) is 6.89. The first-order chi connectivity index (χ1) is 28.2. The van der Waals surface area contributed by atoms with Crippen LogP contribution in [0.25, 0.3) is 121 Å². The number of furan rings is 1. The first kappa shape index (κ1) is 31.6. The minimum atomic E-state index is 0.619. The fraction of sp³-hybridized carbons (Fsp3) is 0. The molecule has 0 aliphatic rings. The minimum Gasteiger partial charge on any atom is -0.455 e. The van der Waals surface area contributed by atoms with E-state index in [1.807, 2.05) is 30.3 Å². The van der Waals surface area contributed by atoms with E-state index in [4.69, 9.17) is 19.4 Å². The molecule has 4 nitrogen and oxygen atoms in total. The van der Waals surface area contributed by atoms with Crippen LogP contribution in [0.4, 0.5) is 0 Å². The van der Waals surface area contributed by atoms with Gasteiger partial charge in [-0.1, -0.05) is 164 Å². The molecule has 57 heavy (non-hydrogen) atoms. The molecule has 4 heteroatoms. The van der Waals surface area contributed by atoms with Crippen molar-refractivity contribution in [1.82, 2.24) is 15.0 Å². The Hall–Kier alpha value is -7.69. The number of benzene rings is 10. The summed E-state index contributed by atoms with van der Waals surface area (Å²) in [6.45, 7) is 0. The number of nitrogens with zero attached hydrogens (tertiary/aromatic N) is 3. The Labute approximate surface area is 327 Å². The third kappa shape index (κ3) is 5.04. The molecule has 2 heterocycles. The van der Waals surface area contributed by atoms with Crippen molar-refractivity contribution in [2.45, 2.75) is 0 Å². The lowest BCUT2D eigenvalue weighted by Crippen LogP contribution is -2.00. The quantitative estimate of drug-likeness (QED) is 0.166. The van der Waals surface area contributed by atoms with Gasteiger partial charge in [0.2, 0.25) is 0 Å². The molecule has 0 amide bonds. The van der Waals surface area contributed by atoms with Gasteiger partial charge >= 0.3 is 0 Å². The minimum absolute atomic E-state index is 0.619. The number of aromatic nitrogens is 3. The van der Waals surface area contributed by atoms with Crippen molar-refractivity contribution in [3.63, 3.8) is 0 Å². The molecule has 264 valence electrons. The van der Waals surface area contributed by atoms with Gasteiger partial charge in [0.1, 0.15) is 11.2 Å². The summed E-state index contributed by atoms with van der Waals surface area (Å²) in [6, 6.07) is 66.3. The van der Waals surface area contributed by atoms with Crippen LogP contribution < -0.4 is 0 Å². The van der Waals surface area contributed by atoms with Crippen molar-refractivity contribution in [3.8, 4) is 56.4 Å². The zero-order chi connectivity index (χ0) is 37.5. The summed E-state index contributed by atoms with van der Waals surface area (Å²) < 4.78 is 6.42. The average Bonchev–Trinajstić information content (AvgIpc) is 3.67. The van der Waals surface area contributed by atoms with Gasteiger partial charge in [-0.05, 0) is 84.2 Å². The van der Waals surface area contributed by atoms with Crippen LogP contribution in [0.2, 0.25) is 0 Å². The Bertz CT molecular complexity index is 3520. The third-order valence-electron chi connectivity index (χ3n) is 11.4. The van der Waals surface area contributed by atoms with Gasteiger partial charge < -0.3 is 4.42 Å². The van der Waals surface area contributed by atoms with Gasteiger partial charge in [0.25, 0.3) is 0 Å². The molecule has 0 aliphatic carbocycles. The molecule has 0 spiro atoms. The average molecular weight is 726 g/mol. The standard InChI is InChI=1S/C53H31N3O/c1-2-11-35(12-3-1)51-54-52(38-17-9-15-36(29-38)40-27-25-34-24-23-32-13-8-14-33-26-28-43(40)49(34)48(32)33)56-53(55-51)39-18-10-16-37(30-39)45-31-46-42-20-6-7-22-47(42)57-50(46)44-21-5-4-19-41(44)45/h1-31H. The molecule has 10 aromatic carbocycles. The summed E-state index contributed by atoms with van der Waals surface area (Å²) in [4.78, 5) is 15.4. The van der Waals surface area contributed by atoms with Gasteiger partial charge in [-0.25, -0.2) is 15.0 Å². The van der Waals surface area contributed by atoms with Gasteiger partial charge in [0.05, 0.1) is 0 Å². The van der Waals surface area contributed by atoms with E-state index in [9.17, 15) is 0 Å². The first-order valence-corrected chi connectivity index (χ1v) is 19.3. The lowest BCUT2D eigenvalue weighted by Gasteiger charge is -2.15. The molecular weight excluding hydrogens is 695 g/mol. The number of rotatable bonds is 5. The normalized spacial score (nSPS) is 11.9. The maximum Gasteiger partial charge on any atom is 0.164 e. The van der Waals surface area contributed by atoms with E-state index in [-0.39, 0.29) is 0 Å². The van der Waals surface area contributed by atoms with Crippen molar-refractivity contribution in [2.75, 3.05) is 0 Å². The number of hydrogen-bond donors (Lipinski definition) is 0. The van der Waals surface area contributed by atoms with Crippen LogP contribution in [0.3, 0.4) is 0 Å². The molecule has 12 aromatic rings. The van der Waals surface area contributed by atoms with Crippen molar-refractivity contribution >= 4 is 65.0 Å². The van der Waals surface area contributed by atoms with Crippen molar-refractivity contribution in [3.05, 3.63) is 188 Å². The Balaban J connectivity index is 1.02. The summed E-state index contributed by atoms with van der Waals surface area (Å²) in [5.74, 6) is 1.87. The van der Waals surface area contributed by atoms with Gasteiger partial charge in [0.15, 0.2) is 17.5 Å². The zero-order valence-electron chi connectivity index (χ0n) is 30.6. The molecule has 0 fully saturated rings. The van der Waals surface area contributed by atoms with Gasteiger partial charge in [0, 0.05) is 32.8 Å². The van der Waals surface area contributed by atoms with Crippen molar-refractivity contribution < 1.29 is 4.42 Å². The molecule has 0 bridgehead atoms. The van der Waals surface area contributed by atoms with E-state index in [1.54, 1.807) is 0 Å². The second-order valence-electron chi connectivity index (χ2n) is 14.7. The third-order valence-corrected chi connectivity index (χ3v) is 11.4. The molecule has 0 radical (unpaired) electrons. The van der Waals surface area contributed by atoms with Crippen molar-refractivity contribution in [2.24, 2.45) is 0 Å². The van der Waals surface area contributed by atoms with E-state index < -0.39 is 0 Å². The van der Waals surface area contributed by atoms with Crippen LogP contribution in [-0.2, 0) is 0 Å². The molecule has 0 unspecified atom stereocenters. The summed E-state index contributed by atoms with van der Waals surface area (Å²) in [6.07, 6.45) is 0. The van der Waals surface area contributed by atoms with Crippen LogP contribution in [0.15, 0.2) is 192 Å². The molecule has 12 rings (SSSR count).